The topological polar surface area (TPSA) is 52.6 Å². The number of rotatable bonds is 6. The molecule has 0 aromatic heterocycles. The van der Waals surface area contributed by atoms with Crippen molar-refractivity contribution < 1.29 is 9.90 Å². The molecule has 2 unspecified atom stereocenters. The summed E-state index contributed by atoms with van der Waals surface area (Å²) in [6.07, 6.45) is 2.66. The minimum absolute atomic E-state index is 0.166. The number of aliphatic hydroxyl groups excluding tert-OH is 1. The van der Waals surface area contributed by atoms with Crippen molar-refractivity contribution in [2.75, 3.05) is 19.6 Å². The fourth-order valence-electron chi connectivity index (χ4n) is 2.24. The van der Waals surface area contributed by atoms with E-state index in [1.165, 1.54) is 0 Å². The highest BCUT2D eigenvalue weighted by atomic mass is 16.3. The average Bonchev–Trinajstić information content (AvgIpc) is 2.77. The standard InChI is InChI=1S/C13H26N2O2/c1-10(2)8-12(16)9-14-11(3)13(17)15-6-4-5-7-15/h10-12,14,16H,4-9H2,1-3H3. The molecule has 0 aromatic rings. The molecule has 0 aliphatic carbocycles. The zero-order valence-corrected chi connectivity index (χ0v) is 11.3. The third kappa shape index (κ3) is 5.04. The van der Waals surface area contributed by atoms with E-state index < -0.39 is 0 Å². The molecular weight excluding hydrogens is 216 g/mol. The van der Waals surface area contributed by atoms with Crippen molar-refractivity contribution in [3.05, 3.63) is 0 Å². The van der Waals surface area contributed by atoms with Crippen molar-refractivity contribution in [3.63, 3.8) is 0 Å². The summed E-state index contributed by atoms with van der Waals surface area (Å²) in [4.78, 5) is 13.9. The number of carbonyl (C=O) groups excluding carboxylic acids is 1. The van der Waals surface area contributed by atoms with E-state index in [4.69, 9.17) is 0 Å². The first kappa shape index (κ1) is 14.5. The van der Waals surface area contributed by atoms with Gasteiger partial charge in [-0.3, -0.25) is 4.79 Å². The third-order valence-electron chi connectivity index (χ3n) is 3.19. The van der Waals surface area contributed by atoms with Crippen LogP contribution in [0.25, 0.3) is 0 Å². The van der Waals surface area contributed by atoms with E-state index in [9.17, 15) is 9.90 Å². The van der Waals surface area contributed by atoms with E-state index in [0.717, 1.165) is 32.4 Å². The first-order valence-corrected chi connectivity index (χ1v) is 6.71. The van der Waals surface area contributed by atoms with E-state index in [1.54, 1.807) is 0 Å². The van der Waals surface area contributed by atoms with Crippen LogP contribution in [0.1, 0.15) is 40.0 Å². The van der Waals surface area contributed by atoms with E-state index in [0.29, 0.717) is 12.5 Å². The van der Waals surface area contributed by atoms with Gasteiger partial charge < -0.3 is 15.3 Å². The van der Waals surface area contributed by atoms with Gasteiger partial charge in [0, 0.05) is 19.6 Å². The largest absolute Gasteiger partial charge is 0.392 e. The van der Waals surface area contributed by atoms with E-state index in [-0.39, 0.29) is 18.1 Å². The molecule has 0 saturated carbocycles. The molecule has 1 fully saturated rings. The lowest BCUT2D eigenvalue weighted by atomic mass is 10.1. The molecule has 100 valence electrons. The molecule has 0 radical (unpaired) electrons. The second-order valence-electron chi connectivity index (χ2n) is 5.45. The van der Waals surface area contributed by atoms with Crippen LogP contribution in [0.4, 0.5) is 0 Å². The zero-order chi connectivity index (χ0) is 12.8. The lowest BCUT2D eigenvalue weighted by Crippen LogP contribution is -2.46. The third-order valence-corrected chi connectivity index (χ3v) is 3.19. The van der Waals surface area contributed by atoms with Crippen LogP contribution in [0.15, 0.2) is 0 Å². The molecule has 0 aromatic carbocycles. The lowest BCUT2D eigenvalue weighted by Gasteiger charge is -2.22. The highest BCUT2D eigenvalue weighted by Crippen LogP contribution is 2.09. The maximum absolute atomic E-state index is 12.0. The monoisotopic (exact) mass is 242 g/mol. The van der Waals surface area contributed by atoms with Crippen LogP contribution < -0.4 is 5.32 Å². The predicted octanol–water partition coefficient (Wildman–Crippen LogP) is 0.994. The fraction of sp³-hybridized carbons (Fsp3) is 0.923. The van der Waals surface area contributed by atoms with Gasteiger partial charge in [0.05, 0.1) is 12.1 Å². The number of aliphatic hydroxyl groups is 1. The van der Waals surface area contributed by atoms with Crippen LogP contribution >= 0.6 is 0 Å². The molecular formula is C13H26N2O2. The Morgan fingerprint density at radius 1 is 1.29 bits per heavy atom. The Morgan fingerprint density at radius 3 is 2.41 bits per heavy atom. The van der Waals surface area contributed by atoms with Crippen LogP contribution in [0.5, 0.6) is 0 Å². The van der Waals surface area contributed by atoms with Gasteiger partial charge in [-0.05, 0) is 32.1 Å². The molecule has 1 aliphatic rings. The molecule has 4 heteroatoms. The number of carbonyl (C=O) groups is 1. The molecule has 4 nitrogen and oxygen atoms in total. The molecule has 2 N–H and O–H groups in total. The molecule has 1 saturated heterocycles. The molecule has 1 rings (SSSR count). The van der Waals surface area contributed by atoms with Gasteiger partial charge in [0.15, 0.2) is 0 Å². The van der Waals surface area contributed by atoms with Gasteiger partial charge in [0.25, 0.3) is 0 Å². The smallest absolute Gasteiger partial charge is 0.239 e. The first-order chi connectivity index (χ1) is 8.00. The van der Waals surface area contributed by atoms with Crippen molar-refractivity contribution in [2.24, 2.45) is 5.92 Å². The van der Waals surface area contributed by atoms with Gasteiger partial charge in [-0.1, -0.05) is 13.8 Å². The van der Waals surface area contributed by atoms with Crippen LogP contribution in [-0.2, 0) is 4.79 Å². The van der Waals surface area contributed by atoms with Crippen molar-refractivity contribution >= 4 is 5.91 Å². The van der Waals surface area contributed by atoms with E-state index in [1.807, 2.05) is 11.8 Å². The van der Waals surface area contributed by atoms with Gasteiger partial charge in [0.2, 0.25) is 5.91 Å². The van der Waals surface area contributed by atoms with Gasteiger partial charge in [-0.2, -0.15) is 0 Å². The molecule has 0 bridgehead atoms. The van der Waals surface area contributed by atoms with Crippen molar-refractivity contribution in [3.8, 4) is 0 Å². The molecule has 2 atom stereocenters. The lowest BCUT2D eigenvalue weighted by molar-refractivity contribution is -0.132. The second kappa shape index (κ2) is 6.97. The predicted molar refractivity (Wildman–Crippen MR) is 68.7 cm³/mol. The summed E-state index contributed by atoms with van der Waals surface area (Å²) in [6.45, 7) is 8.32. The fourth-order valence-corrected chi connectivity index (χ4v) is 2.24. The second-order valence-corrected chi connectivity index (χ2v) is 5.45. The molecule has 17 heavy (non-hydrogen) atoms. The van der Waals surface area contributed by atoms with Crippen LogP contribution in [0, 0.1) is 5.92 Å². The molecule has 1 aliphatic heterocycles. The number of hydrogen-bond donors (Lipinski definition) is 2. The Morgan fingerprint density at radius 2 is 1.88 bits per heavy atom. The Kier molecular flexibility index (Phi) is 5.92. The Bertz CT molecular complexity index is 238. The number of nitrogens with zero attached hydrogens (tertiary/aromatic N) is 1. The van der Waals surface area contributed by atoms with Gasteiger partial charge in [-0.25, -0.2) is 0 Å². The van der Waals surface area contributed by atoms with Gasteiger partial charge >= 0.3 is 0 Å². The van der Waals surface area contributed by atoms with Crippen LogP contribution in [0.3, 0.4) is 0 Å². The highest BCUT2D eigenvalue weighted by molar-refractivity contribution is 5.81. The molecule has 1 amide bonds. The molecule has 1 heterocycles. The summed E-state index contributed by atoms with van der Waals surface area (Å²) in [5.41, 5.74) is 0. The van der Waals surface area contributed by atoms with Crippen molar-refractivity contribution in [1.29, 1.82) is 0 Å². The summed E-state index contributed by atoms with van der Waals surface area (Å²) in [5, 5.41) is 12.9. The summed E-state index contributed by atoms with van der Waals surface area (Å²) < 4.78 is 0. The average molecular weight is 242 g/mol. The van der Waals surface area contributed by atoms with Crippen LogP contribution in [-0.4, -0.2) is 47.7 Å². The first-order valence-electron chi connectivity index (χ1n) is 6.71. The summed E-state index contributed by atoms with van der Waals surface area (Å²) >= 11 is 0. The number of hydrogen-bond acceptors (Lipinski definition) is 3. The SMILES string of the molecule is CC(C)CC(O)CNC(C)C(=O)N1CCCC1. The normalized spacial score (nSPS) is 19.7. The van der Waals surface area contributed by atoms with Gasteiger partial charge in [0.1, 0.15) is 0 Å². The number of likely N-dealkylation sites (tertiary alicyclic amines) is 1. The summed E-state index contributed by atoms with van der Waals surface area (Å²) in [6, 6.07) is -0.185. The maximum Gasteiger partial charge on any atom is 0.239 e. The quantitative estimate of drug-likeness (QED) is 0.730. The number of amides is 1. The summed E-state index contributed by atoms with van der Waals surface area (Å²) in [7, 11) is 0. The summed E-state index contributed by atoms with van der Waals surface area (Å²) in [5.74, 6) is 0.649. The van der Waals surface area contributed by atoms with Crippen LogP contribution in [0.2, 0.25) is 0 Å². The van der Waals surface area contributed by atoms with Crippen molar-refractivity contribution in [2.45, 2.75) is 52.2 Å². The Hall–Kier alpha value is -0.610. The van der Waals surface area contributed by atoms with Gasteiger partial charge in [-0.15, -0.1) is 0 Å². The highest BCUT2D eigenvalue weighted by Gasteiger charge is 2.23. The Balaban J connectivity index is 2.23. The Labute approximate surface area is 104 Å². The maximum atomic E-state index is 12.0. The zero-order valence-electron chi connectivity index (χ0n) is 11.3. The van der Waals surface area contributed by atoms with E-state index in [2.05, 4.69) is 19.2 Å². The molecule has 0 spiro atoms. The number of nitrogens with one attached hydrogen (secondary N) is 1. The minimum Gasteiger partial charge on any atom is -0.392 e. The minimum atomic E-state index is -0.358. The van der Waals surface area contributed by atoms with E-state index >= 15 is 0 Å². The van der Waals surface area contributed by atoms with Crippen molar-refractivity contribution in [1.82, 2.24) is 10.2 Å².